The van der Waals surface area contributed by atoms with E-state index < -0.39 is 0 Å². The minimum atomic E-state index is 0.116. The van der Waals surface area contributed by atoms with Crippen molar-refractivity contribution in [2.45, 2.75) is 39.2 Å². The maximum absolute atomic E-state index is 8.72. The molecule has 0 spiro atoms. The minimum absolute atomic E-state index is 0.116. The van der Waals surface area contributed by atoms with Crippen LogP contribution in [0.3, 0.4) is 0 Å². The molecule has 16 heavy (non-hydrogen) atoms. The average Bonchev–Trinajstić information content (AvgIpc) is 2.89. The Bertz CT molecular complexity index is 401. The van der Waals surface area contributed by atoms with Crippen LogP contribution in [-0.4, -0.2) is 11.5 Å². The van der Waals surface area contributed by atoms with Gasteiger partial charge in [0.15, 0.2) is 0 Å². The van der Waals surface area contributed by atoms with Gasteiger partial charge in [-0.2, -0.15) is 5.26 Å². The molecular weight excluding hydrogens is 202 g/mol. The van der Waals surface area contributed by atoms with Crippen molar-refractivity contribution in [1.82, 2.24) is 10.3 Å². The summed E-state index contributed by atoms with van der Waals surface area (Å²) in [5.74, 6) is 1.56. The minimum Gasteiger partial charge on any atom is -0.444 e. The van der Waals surface area contributed by atoms with Crippen LogP contribution < -0.4 is 5.32 Å². The first-order chi connectivity index (χ1) is 7.65. The maximum Gasteiger partial charge on any atom is 0.211 e. The molecule has 1 aliphatic carbocycles. The average molecular weight is 219 g/mol. The number of rotatable bonds is 5. The molecule has 86 valence electrons. The zero-order chi connectivity index (χ0) is 11.6. The molecule has 1 aliphatic rings. The predicted octanol–water partition coefficient (Wildman–Crippen LogP) is 2.33. The van der Waals surface area contributed by atoms with Gasteiger partial charge in [0.2, 0.25) is 5.89 Å². The lowest BCUT2D eigenvalue weighted by atomic mass is 10.0. The number of hydrogen-bond donors (Lipinski definition) is 1. The van der Waals surface area contributed by atoms with Gasteiger partial charge < -0.3 is 9.73 Å². The van der Waals surface area contributed by atoms with Crippen LogP contribution in [0, 0.1) is 23.7 Å². The van der Waals surface area contributed by atoms with Gasteiger partial charge in [-0.3, -0.25) is 0 Å². The fourth-order valence-corrected chi connectivity index (χ4v) is 1.79. The van der Waals surface area contributed by atoms with Crippen LogP contribution in [0.5, 0.6) is 0 Å². The van der Waals surface area contributed by atoms with Crippen molar-refractivity contribution in [3.63, 3.8) is 0 Å². The van der Waals surface area contributed by atoms with Gasteiger partial charge in [-0.15, -0.1) is 0 Å². The highest BCUT2D eigenvalue weighted by Crippen LogP contribution is 2.48. The molecule has 4 heteroatoms. The lowest BCUT2D eigenvalue weighted by Crippen LogP contribution is -2.26. The SMILES string of the molecule is Cc1cnc(C(C)NCC2(CC#N)CC2)o1. The number of nitrogens with zero attached hydrogens (tertiary/aromatic N) is 2. The first-order valence-corrected chi connectivity index (χ1v) is 5.68. The summed E-state index contributed by atoms with van der Waals surface area (Å²) in [7, 11) is 0. The largest absolute Gasteiger partial charge is 0.444 e. The first kappa shape index (κ1) is 11.2. The molecular formula is C12H17N3O. The zero-order valence-electron chi connectivity index (χ0n) is 9.79. The second-order valence-electron chi connectivity index (χ2n) is 4.75. The van der Waals surface area contributed by atoms with E-state index in [0.29, 0.717) is 6.42 Å². The molecule has 0 radical (unpaired) electrons. The van der Waals surface area contributed by atoms with Gasteiger partial charge in [-0.05, 0) is 32.1 Å². The number of nitrogens with one attached hydrogen (secondary N) is 1. The molecule has 0 saturated heterocycles. The third-order valence-electron chi connectivity index (χ3n) is 3.20. The molecule has 1 aromatic rings. The lowest BCUT2D eigenvalue weighted by molar-refractivity contribution is 0.369. The van der Waals surface area contributed by atoms with Gasteiger partial charge in [0.05, 0.1) is 18.3 Å². The van der Waals surface area contributed by atoms with Crippen LogP contribution in [0.4, 0.5) is 0 Å². The number of hydrogen-bond acceptors (Lipinski definition) is 4. The Kier molecular flexibility index (Phi) is 2.97. The number of nitriles is 1. The molecule has 0 aromatic carbocycles. The van der Waals surface area contributed by atoms with E-state index in [1.165, 1.54) is 0 Å². The van der Waals surface area contributed by atoms with Crippen molar-refractivity contribution in [3.05, 3.63) is 17.8 Å². The fraction of sp³-hybridized carbons (Fsp3) is 0.667. The lowest BCUT2D eigenvalue weighted by Gasteiger charge is -2.15. The zero-order valence-corrected chi connectivity index (χ0v) is 9.79. The Morgan fingerprint density at radius 2 is 2.44 bits per heavy atom. The first-order valence-electron chi connectivity index (χ1n) is 5.68. The van der Waals surface area contributed by atoms with Crippen LogP contribution in [-0.2, 0) is 0 Å². The molecule has 1 heterocycles. The highest BCUT2D eigenvalue weighted by atomic mass is 16.4. The number of aryl methyl sites for hydroxylation is 1. The van der Waals surface area contributed by atoms with Crippen molar-refractivity contribution >= 4 is 0 Å². The van der Waals surface area contributed by atoms with Gasteiger partial charge in [-0.1, -0.05) is 0 Å². The Morgan fingerprint density at radius 3 is 2.94 bits per heavy atom. The highest BCUT2D eigenvalue weighted by molar-refractivity contribution is 5.02. The quantitative estimate of drug-likeness (QED) is 0.825. The summed E-state index contributed by atoms with van der Waals surface area (Å²) < 4.78 is 5.45. The number of oxazole rings is 1. The second kappa shape index (κ2) is 4.26. The van der Waals surface area contributed by atoms with Crippen LogP contribution in [0.1, 0.15) is 43.9 Å². The van der Waals surface area contributed by atoms with Crippen LogP contribution in [0.2, 0.25) is 0 Å². The van der Waals surface area contributed by atoms with E-state index in [2.05, 4.69) is 16.4 Å². The molecule has 0 aliphatic heterocycles. The van der Waals surface area contributed by atoms with E-state index in [1.807, 2.05) is 13.8 Å². The maximum atomic E-state index is 8.72. The van der Waals surface area contributed by atoms with E-state index in [9.17, 15) is 0 Å². The molecule has 1 saturated carbocycles. The highest BCUT2D eigenvalue weighted by Gasteiger charge is 2.42. The summed E-state index contributed by atoms with van der Waals surface area (Å²) in [6, 6.07) is 2.37. The molecule has 2 rings (SSSR count). The fourth-order valence-electron chi connectivity index (χ4n) is 1.79. The van der Waals surface area contributed by atoms with E-state index in [0.717, 1.165) is 31.0 Å². The summed E-state index contributed by atoms with van der Waals surface area (Å²) in [5.41, 5.74) is 0.227. The molecule has 0 amide bonds. The third kappa shape index (κ3) is 2.42. The summed E-state index contributed by atoms with van der Waals surface area (Å²) in [6.07, 6.45) is 4.70. The van der Waals surface area contributed by atoms with Crippen molar-refractivity contribution in [3.8, 4) is 6.07 Å². The van der Waals surface area contributed by atoms with Gasteiger partial charge in [-0.25, -0.2) is 4.98 Å². The smallest absolute Gasteiger partial charge is 0.211 e. The molecule has 1 fully saturated rings. The van der Waals surface area contributed by atoms with E-state index >= 15 is 0 Å². The van der Waals surface area contributed by atoms with Crippen LogP contribution >= 0.6 is 0 Å². The van der Waals surface area contributed by atoms with Crippen molar-refractivity contribution in [2.24, 2.45) is 5.41 Å². The summed E-state index contributed by atoms with van der Waals surface area (Å²) in [6.45, 7) is 4.80. The topological polar surface area (TPSA) is 61.9 Å². The van der Waals surface area contributed by atoms with Gasteiger partial charge >= 0.3 is 0 Å². The molecule has 1 aromatic heterocycles. The van der Waals surface area contributed by atoms with Crippen LogP contribution in [0.15, 0.2) is 10.6 Å². The summed E-state index contributed by atoms with van der Waals surface area (Å²) in [4.78, 5) is 4.19. The van der Waals surface area contributed by atoms with E-state index in [4.69, 9.17) is 9.68 Å². The Hall–Kier alpha value is -1.34. The summed E-state index contributed by atoms with van der Waals surface area (Å²) in [5, 5.41) is 12.1. The molecule has 0 bridgehead atoms. The molecule has 1 N–H and O–H groups in total. The molecule has 1 atom stereocenters. The van der Waals surface area contributed by atoms with Crippen molar-refractivity contribution in [2.75, 3.05) is 6.54 Å². The summed E-state index contributed by atoms with van der Waals surface area (Å²) >= 11 is 0. The van der Waals surface area contributed by atoms with E-state index in [1.54, 1.807) is 6.20 Å². The van der Waals surface area contributed by atoms with Crippen molar-refractivity contribution < 1.29 is 4.42 Å². The Morgan fingerprint density at radius 1 is 1.69 bits per heavy atom. The van der Waals surface area contributed by atoms with E-state index in [-0.39, 0.29) is 11.5 Å². The van der Waals surface area contributed by atoms with Gasteiger partial charge in [0.1, 0.15) is 5.76 Å². The molecule has 1 unspecified atom stereocenters. The standard InChI is InChI=1S/C12H17N3O/c1-9-7-14-11(16-9)10(2)15-8-12(3-4-12)5-6-13/h7,10,15H,3-5,8H2,1-2H3. The Labute approximate surface area is 95.7 Å². The predicted molar refractivity (Wildman–Crippen MR) is 59.6 cm³/mol. The van der Waals surface area contributed by atoms with Gasteiger partial charge in [0, 0.05) is 13.0 Å². The van der Waals surface area contributed by atoms with Crippen molar-refractivity contribution in [1.29, 1.82) is 5.26 Å². The Balaban J connectivity index is 1.85. The second-order valence-corrected chi connectivity index (χ2v) is 4.75. The van der Waals surface area contributed by atoms with Gasteiger partial charge in [0.25, 0.3) is 0 Å². The monoisotopic (exact) mass is 219 g/mol. The third-order valence-corrected chi connectivity index (χ3v) is 3.20. The normalized spacial score (nSPS) is 19.1. The van der Waals surface area contributed by atoms with Crippen LogP contribution in [0.25, 0.3) is 0 Å². The molecule has 4 nitrogen and oxygen atoms in total. The number of aromatic nitrogens is 1.